The second kappa shape index (κ2) is 10.2. The Balaban J connectivity index is 2.17. The molecule has 13 heteroatoms. The minimum Gasteiger partial charge on any atom is -0.465 e. The van der Waals surface area contributed by atoms with Gasteiger partial charge in [0.25, 0.3) is 0 Å². The van der Waals surface area contributed by atoms with E-state index in [0.717, 1.165) is 11.3 Å². The van der Waals surface area contributed by atoms with Crippen LogP contribution in [0, 0.1) is 0 Å². The van der Waals surface area contributed by atoms with Crippen LogP contribution in [-0.4, -0.2) is 58.9 Å². The molecule has 1 unspecified atom stereocenters. The third kappa shape index (κ3) is 6.00. The zero-order valence-corrected chi connectivity index (χ0v) is 16.4. The number of hydrogen-bond donors (Lipinski definition) is 3. The first kappa shape index (κ1) is 23.3. The molecule has 0 fully saturated rings. The molecule has 1 atom stereocenters. The van der Waals surface area contributed by atoms with Gasteiger partial charge in [-0.15, -0.1) is 0 Å². The summed E-state index contributed by atoms with van der Waals surface area (Å²) in [5.74, 6) is -2.07. The SMILES string of the molecule is CCCCOC(=O)NCCC(NC(=O)C(F)(F)F)c1cnn2c1N(C(=O)O)CCC2. The first-order valence-corrected chi connectivity index (χ1v) is 9.49. The average Bonchev–Trinajstić information content (AvgIpc) is 3.10. The Morgan fingerprint density at radius 2 is 2.07 bits per heavy atom. The summed E-state index contributed by atoms with van der Waals surface area (Å²) in [7, 11) is 0. The molecule has 1 aromatic rings. The lowest BCUT2D eigenvalue weighted by atomic mass is 10.1. The molecule has 2 heterocycles. The number of alkyl carbamates (subject to hydrolysis) is 1. The fraction of sp³-hybridized carbons (Fsp3) is 0.647. The molecule has 0 saturated carbocycles. The smallest absolute Gasteiger partial charge is 0.465 e. The van der Waals surface area contributed by atoms with E-state index in [0.29, 0.717) is 19.4 Å². The van der Waals surface area contributed by atoms with E-state index < -0.39 is 30.3 Å². The highest BCUT2D eigenvalue weighted by Crippen LogP contribution is 2.32. The summed E-state index contributed by atoms with van der Waals surface area (Å²) in [5.41, 5.74) is 0.121. The number of alkyl halides is 3. The molecule has 0 aliphatic carbocycles. The predicted octanol–water partition coefficient (Wildman–Crippen LogP) is 2.41. The summed E-state index contributed by atoms with van der Waals surface area (Å²) in [6.45, 7) is 2.56. The number of carbonyl (C=O) groups is 3. The van der Waals surface area contributed by atoms with E-state index in [-0.39, 0.29) is 37.5 Å². The lowest BCUT2D eigenvalue weighted by molar-refractivity contribution is -0.174. The summed E-state index contributed by atoms with van der Waals surface area (Å²) in [5, 5.41) is 17.7. The van der Waals surface area contributed by atoms with Crippen LogP contribution in [-0.2, 0) is 16.1 Å². The fourth-order valence-corrected chi connectivity index (χ4v) is 2.99. The molecule has 3 amide bonds. The Hall–Kier alpha value is -2.99. The van der Waals surface area contributed by atoms with Gasteiger partial charge < -0.3 is 20.5 Å². The van der Waals surface area contributed by atoms with Crippen LogP contribution in [0.25, 0.3) is 0 Å². The molecule has 0 radical (unpaired) electrons. The number of ether oxygens (including phenoxy) is 1. The molecule has 168 valence electrons. The van der Waals surface area contributed by atoms with Crippen molar-refractivity contribution in [1.82, 2.24) is 20.4 Å². The van der Waals surface area contributed by atoms with Gasteiger partial charge >= 0.3 is 24.3 Å². The van der Waals surface area contributed by atoms with E-state index in [1.807, 2.05) is 12.2 Å². The number of aromatic nitrogens is 2. The normalized spacial score (nSPS) is 14.6. The zero-order valence-electron chi connectivity index (χ0n) is 16.4. The molecular weight excluding hydrogens is 411 g/mol. The zero-order chi connectivity index (χ0) is 22.3. The number of halogens is 3. The summed E-state index contributed by atoms with van der Waals surface area (Å²) in [6, 6.07) is -1.22. The van der Waals surface area contributed by atoms with E-state index in [4.69, 9.17) is 4.74 Å². The van der Waals surface area contributed by atoms with Gasteiger partial charge in [-0.05, 0) is 19.3 Å². The van der Waals surface area contributed by atoms with Crippen LogP contribution < -0.4 is 15.5 Å². The number of nitrogens with one attached hydrogen (secondary N) is 2. The molecule has 1 aliphatic heterocycles. The third-order valence-corrected chi connectivity index (χ3v) is 4.45. The minimum absolute atomic E-state index is 0.103. The Bertz CT molecular complexity index is 767. The Kier molecular flexibility index (Phi) is 7.89. The van der Waals surface area contributed by atoms with Gasteiger partial charge in [0.05, 0.1) is 18.8 Å². The number of carbonyl (C=O) groups excluding carboxylic acids is 2. The highest BCUT2D eigenvalue weighted by molar-refractivity contribution is 5.87. The highest BCUT2D eigenvalue weighted by Gasteiger charge is 2.41. The highest BCUT2D eigenvalue weighted by atomic mass is 19.4. The molecule has 0 saturated heterocycles. The number of unbranched alkanes of at least 4 members (excludes halogenated alkanes) is 1. The van der Waals surface area contributed by atoms with Crippen LogP contribution in [0.4, 0.5) is 28.6 Å². The largest absolute Gasteiger partial charge is 0.471 e. The third-order valence-electron chi connectivity index (χ3n) is 4.45. The maximum Gasteiger partial charge on any atom is 0.471 e. The van der Waals surface area contributed by atoms with E-state index in [1.54, 1.807) is 0 Å². The number of aryl methyl sites for hydroxylation is 1. The van der Waals surface area contributed by atoms with Crippen molar-refractivity contribution in [3.8, 4) is 0 Å². The lowest BCUT2D eigenvalue weighted by Gasteiger charge is -2.28. The first-order chi connectivity index (χ1) is 14.1. The van der Waals surface area contributed by atoms with Crippen LogP contribution in [0.15, 0.2) is 6.20 Å². The maximum atomic E-state index is 12.8. The first-order valence-electron chi connectivity index (χ1n) is 9.49. The molecule has 0 bridgehead atoms. The average molecular weight is 435 g/mol. The molecular formula is C17H24F3N5O5. The fourth-order valence-electron chi connectivity index (χ4n) is 2.99. The number of nitrogens with zero attached hydrogens (tertiary/aromatic N) is 3. The van der Waals surface area contributed by atoms with Crippen LogP contribution in [0.1, 0.15) is 44.2 Å². The van der Waals surface area contributed by atoms with E-state index in [2.05, 4.69) is 10.4 Å². The standard InChI is InChI=1S/C17H24F3N5O5/c1-2-3-9-30-15(27)21-6-5-12(23-14(26)17(18,19)20)11-10-22-25-8-4-7-24(13(11)25)16(28)29/h10,12H,2-9H2,1H3,(H,21,27)(H,23,26)(H,28,29). The second-order valence-electron chi connectivity index (χ2n) is 6.66. The van der Waals surface area contributed by atoms with Gasteiger partial charge in [0.15, 0.2) is 0 Å². The molecule has 0 aromatic carbocycles. The molecule has 1 aromatic heterocycles. The monoisotopic (exact) mass is 435 g/mol. The van der Waals surface area contributed by atoms with Crippen LogP contribution in [0.3, 0.4) is 0 Å². The predicted molar refractivity (Wildman–Crippen MR) is 98.0 cm³/mol. The minimum atomic E-state index is -5.12. The molecule has 1 aliphatic rings. The van der Waals surface area contributed by atoms with Gasteiger partial charge in [-0.3, -0.25) is 9.69 Å². The number of anilines is 1. The van der Waals surface area contributed by atoms with Gasteiger partial charge in [0.1, 0.15) is 5.82 Å². The van der Waals surface area contributed by atoms with Crippen LogP contribution >= 0.6 is 0 Å². The second-order valence-corrected chi connectivity index (χ2v) is 6.66. The van der Waals surface area contributed by atoms with E-state index in [1.165, 1.54) is 10.9 Å². The maximum absolute atomic E-state index is 12.8. The Morgan fingerprint density at radius 3 is 2.70 bits per heavy atom. The molecule has 30 heavy (non-hydrogen) atoms. The Morgan fingerprint density at radius 1 is 1.33 bits per heavy atom. The van der Waals surface area contributed by atoms with Crippen molar-refractivity contribution in [2.45, 2.75) is 51.4 Å². The van der Waals surface area contributed by atoms with Crippen LogP contribution in [0.2, 0.25) is 0 Å². The summed E-state index contributed by atoms with van der Waals surface area (Å²) < 4.78 is 44.7. The number of rotatable bonds is 8. The van der Waals surface area contributed by atoms with Crippen molar-refractivity contribution < 1.29 is 37.4 Å². The van der Waals surface area contributed by atoms with Gasteiger partial charge in [0, 0.05) is 25.2 Å². The van der Waals surface area contributed by atoms with Gasteiger partial charge in [-0.2, -0.15) is 18.3 Å². The quantitative estimate of drug-likeness (QED) is 0.539. The summed E-state index contributed by atoms with van der Waals surface area (Å²) >= 11 is 0. The van der Waals surface area contributed by atoms with Crippen molar-refractivity contribution in [3.05, 3.63) is 11.8 Å². The Labute approximate surface area is 170 Å². The molecule has 2 rings (SSSR count). The summed E-state index contributed by atoms with van der Waals surface area (Å²) in [4.78, 5) is 35.7. The van der Waals surface area contributed by atoms with Gasteiger partial charge in [0.2, 0.25) is 0 Å². The lowest BCUT2D eigenvalue weighted by Crippen LogP contribution is -2.42. The number of fused-ring (bicyclic) bond motifs is 1. The van der Waals surface area contributed by atoms with Crippen molar-refractivity contribution in [1.29, 1.82) is 0 Å². The van der Waals surface area contributed by atoms with Crippen LogP contribution in [0.5, 0.6) is 0 Å². The van der Waals surface area contributed by atoms with E-state index >= 15 is 0 Å². The molecule has 10 nitrogen and oxygen atoms in total. The van der Waals surface area contributed by atoms with E-state index in [9.17, 15) is 32.7 Å². The number of carboxylic acid groups (broad SMARTS) is 1. The van der Waals surface area contributed by atoms with Crippen molar-refractivity contribution in [2.75, 3.05) is 24.6 Å². The molecule has 3 N–H and O–H groups in total. The number of amides is 3. The summed E-state index contributed by atoms with van der Waals surface area (Å²) in [6.07, 6.45) is -4.04. The van der Waals surface area contributed by atoms with Crippen molar-refractivity contribution in [2.24, 2.45) is 0 Å². The van der Waals surface area contributed by atoms with Crippen molar-refractivity contribution in [3.63, 3.8) is 0 Å². The number of hydrogen-bond acceptors (Lipinski definition) is 5. The van der Waals surface area contributed by atoms with Gasteiger partial charge in [-0.1, -0.05) is 13.3 Å². The topological polar surface area (TPSA) is 126 Å². The van der Waals surface area contributed by atoms with Gasteiger partial charge in [-0.25, -0.2) is 14.3 Å². The molecule has 0 spiro atoms. The van der Waals surface area contributed by atoms with Crippen molar-refractivity contribution >= 4 is 23.9 Å².